The Bertz CT molecular complexity index is 409. The molecule has 0 heterocycles. The lowest BCUT2D eigenvalue weighted by atomic mass is 10.2. The molecule has 0 saturated carbocycles. The first-order valence-corrected chi connectivity index (χ1v) is 5.39. The molecule has 0 aliphatic carbocycles. The number of phosphoric ester groups is 1. The van der Waals surface area contributed by atoms with Crippen LogP contribution < -0.4 is 4.52 Å². The van der Waals surface area contributed by atoms with Crippen molar-refractivity contribution >= 4 is 13.8 Å². The number of hydrogen-bond acceptors (Lipinski definition) is 4. The minimum Gasteiger partial charge on any atom is -0.465 e. The third-order valence-corrected chi connectivity index (χ3v) is 1.94. The van der Waals surface area contributed by atoms with Crippen molar-refractivity contribution < 1.29 is 28.4 Å². The summed E-state index contributed by atoms with van der Waals surface area (Å²) in [5.41, 5.74) is -0.0386. The van der Waals surface area contributed by atoms with Crippen LogP contribution >= 0.6 is 7.82 Å². The van der Waals surface area contributed by atoms with Crippen LogP contribution in [0.25, 0.3) is 0 Å². The van der Waals surface area contributed by atoms with Gasteiger partial charge < -0.3 is 9.26 Å². The number of methoxy groups -OCH3 is 1. The maximum Gasteiger partial charge on any atom is 0.524 e. The molecule has 0 atom stereocenters. The minimum absolute atomic E-state index is 0.0386. The van der Waals surface area contributed by atoms with Gasteiger partial charge in [0.2, 0.25) is 0 Å². The quantitative estimate of drug-likeness (QED) is 0.595. The van der Waals surface area contributed by atoms with Gasteiger partial charge in [0.1, 0.15) is 11.3 Å². The molecule has 0 saturated heterocycles. The lowest BCUT2D eigenvalue weighted by Crippen LogP contribution is -2.04. The van der Waals surface area contributed by atoms with E-state index in [4.69, 9.17) is 9.79 Å². The van der Waals surface area contributed by atoms with Gasteiger partial charge in [-0.15, -0.1) is 0 Å². The molecule has 0 fully saturated rings. The van der Waals surface area contributed by atoms with Crippen LogP contribution in [0.4, 0.5) is 0 Å². The normalized spacial score (nSPS) is 10.9. The summed E-state index contributed by atoms with van der Waals surface area (Å²) in [5, 5.41) is 0. The molecule has 0 aliphatic heterocycles. The summed E-state index contributed by atoms with van der Waals surface area (Å²) in [6, 6.07) is 5.62. The van der Waals surface area contributed by atoms with Gasteiger partial charge in [-0.2, -0.15) is 0 Å². The number of carbonyl (C=O) groups is 1. The summed E-state index contributed by atoms with van der Waals surface area (Å²) in [6.45, 7) is 0. The average molecular weight is 232 g/mol. The van der Waals surface area contributed by atoms with Crippen molar-refractivity contribution in [3.63, 3.8) is 0 Å². The molecule has 0 aromatic heterocycles. The molecule has 0 bridgehead atoms. The molecule has 82 valence electrons. The van der Waals surface area contributed by atoms with Crippen LogP contribution in [0, 0.1) is 0 Å². The van der Waals surface area contributed by atoms with Crippen molar-refractivity contribution in [1.29, 1.82) is 0 Å². The number of hydrogen-bond donors (Lipinski definition) is 2. The Morgan fingerprint density at radius 2 is 1.93 bits per heavy atom. The van der Waals surface area contributed by atoms with Gasteiger partial charge in [-0.3, -0.25) is 9.79 Å². The van der Waals surface area contributed by atoms with E-state index < -0.39 is 13.8 Å². The zero-order valence-corrected chi connectivity index (χ0v) is 8.68. The van der Waals surface area contributed by atoms with Crippen LogP contribution in [0.2, 0.25) is 0 Å². The first-order chi connectivity index (χ1) is 6.94. The van der Waals surface area contributed by atoms with E-state index in [-0.39, 0.29) is 11.3 Å². The van der Waals surface area contributed by atoms with E-state index in [2.05, 4.69) is 9.26 Å². The fourth-order valence-corrected chi connectivity index (χ4v) is 1.37. The lowest BCUT2D eigenvalue weighted by molar-refractivity contribution is 0.0598. The van der Waals surface area contributed by atoms with Crippen LogP contribution in [-0.2, 0) is 9.30 Å². The second-order valence-corrected chi connectivity index (χ2v) is 3.73. The summed E-state index contributed by atoms with van der Waals surface area (Å²) in [5.74, 6) is -0.934. The number of phosphoric acid groups is 1. The number of esters is 1. The number of benzene rings is 1. The van der Waals surface area contributed by atoms with E-state index in [0.717, 1.165) is 7.11 Å². The maximum atomic E-state index is 11.2. The van der Waals surface area contributed by atoms with Crippen molar-refractivity contribution in [2.45, 2.75) is 0 Å². The van der Waals surface area contributed by atoms with Gasteiger partial charge in [0.25, 0.3) is 0 Å². The standard InChI is InChI=1S/C8H9O6P/c1-13-8(9)6-4-2-3-5-7(6)14-15(10,11)12/h2-5H,1H3,(H2,10,11,12). The molecule has 2 N–H and O–H groups in total. The van der Waals surface area contributed by atoms with Gasteiger partial charge in [0, 0.05) is 0 Å². The molecular formula is C8H9O6P. The molecule has 0 amide bonds. The van der Waals surface area contributed by atoms with Gasteiger partial charge in [-0.1, -0.05) is 12.1 Å². The summed E-state index contributed by atoms with van der Waals surface area (Å²) in [7, 11) is -3.51. The second kappa shape index (κ2) is 4.44. The van der Waals surface area contributed by atoms with Crippen molar-refractivity contribution in [3.05, 3.63) is 29.8 Å². The highest BCUT2D eigenvalue weighted by atomic mass is 31.2. The predicted molar refractivity (Wildman–Crippen MR) is 50.5 cm³/mol. The number of para-hydroxylation sites is 1. The molecule has 0 spiro atoms. The Morgan fingerprint density at radius 1 is 1.33 bits per heavy atom. The summed E-state index contributed by atoms with van der Waals surface area (Å²) >= 11 is 0. The Hall–Kier alpha value is -1.36. The Kier molecular flexibility index (Phi) is 3.47. The number of carbonyl (C=O) groups excluding carboxylic acids is 1. The average Bonchev–Trinajstić information content (AvgIpc) is 2.15. The first-order valence-electron chi connectivity index (χ1n) is 3.86. The maximum absolute atomic E-state index is 11.2. The molecule has 7 heteroatoms. The zero-order valence-electron chi connectivity index (χ0n) is 7.78. The SMILES string of the molecule is COC(=O)c1ccccc1OP(=O)(O)O. The van der Waals surface area contributed by atoms with E-state index in [9.17, 15) is 9.36 Å². The zero-order chi connectivity index (χ0) is 11.5. The highest BCUT2D eigenvalue weighted by molar-refractivity contribution is 7.46. The second-order valence-electron chi connectivity index (χ2n) is 2.57. The summed E-state index contributed by atoms with van der Waals surface area (Å²) in [4.78, 5) is 28.3. The molecule has 0 aliphatic rings. The van der Waals surface area contributed by atoms with Crippen LogP contribution in [0.15, 0.2) is 24.3 Å². The van der Waals surface area contributed by atoms with Gasteiger partial charge in [-0.05, 0) is 12.1 Å². The van der Waals surface area contributed by atoms with Crippen LogP contribution in [0.1, 0.15) is 10.4 Å². The van der Waals surface area contributed by atoms with Gasteiger partial charge in [0.15, 0.2) is 0 Å². The van der Waals surface area contributed by atoms with E-state index >= 15 is 0 Å². The van der Waals surface area contributed by atoms with Crippen molar-refractivity contribution in [1.82, 2.24) is 0 Å². The number of rotatable bonds is 3. The molecule has 0 unspecified atom stereocenters. The van der Waals surface area contributed by atoms with Crippen LogP contribution in [0.3, 0.4) is 0 Å². The number of ether oxygens (including phenoxy) is 1. The summed E-state index contributed by atoms with van der Waals surface area (Å²) < 4.78 is 19.3. The fraction of sp³-hybridized carbons (Fsp3) is 0.125. The molecule has 6 nitrogen and oxygen atoms in total. The third kappa shape index (κ3) is 3.36. The molecule has 0 radical (unpaired) electrons. The molecular weight excluding hydrogens is 223 g/mol. The lowest BCUT2D eigenvalue weighted by Gasteiger charge is -2.09. The van der Waals surface area contributed by atoms with E-state index in [0.29, 0.717) is 0 Å². The smallest absolute Gasteiger partial charge is 0.465 e. The monoisotopic (exact) mass is 232 g/mol. The molecule has 15 heavy (non-hydrogen) atoms. The largest absolute Gasteiger partial charge is 0.524 e. The Labute approximate surface area is 85.7 Å². The summed E-state index contributed by atoms with van der Waals surface area (Å²) in [6.07, 6.45) is 0. The van der Waals surface area contributed by atoms with E-state index in [1.54, 1.807) is 0 Å². The van der Waals surface area contributed by atoms with E-state index in [1.165, 1.54) is 24.3 Å². The van der Waals surface area contributed by atoms with Crippen molar-refractivity contribution in [2.24, 2.45) is 0 Å². The van der Waals surface area contributed by atoms with Gasteiger partial charge >= 0.3 is 13.8 Å². The topological polar surface area (TPSA) is 93.1 Å². The molecule has 1 rings (SSSR count). The van der Waals surface area contributed by atoms with Gasteiger partial charge in [0.05, 0.1) is 7.11 Å². The highest BCUT2D eigenvalue weighted by Crippen LogP contribution is 2.39. The molecule has 1 aromatic rings. The predicted octanol–water partition coefficient (Wildman–Crippen LogP) is 0.945. The van der Waals surface area contributed by atoms with Gasteiger partial charge in [-0.25, -0.2) is 9.36 Å². The Balaban J connectivity index is 3.07. The fourth-order valence-electron chi connectivity index (χ4n) is 0.953. The van der Waals surface area contributed by atoms with Crippen LogP contribution in [-0.4, -0.2) is 22.9 Å². The minimum atomic E-state index is -4.67. The first kappa shape index (κ1) is 11.7. The Morgan fingerprint density at radius 3 is 2.47 bits per heavy atom. The van der Waals surface area contributed by atoms with Crippen molar-refractivity contribution in [3.8, 4) is 5.75 Å². The van der Waals surface area contributed by atoms with E-state index in [1.807, 2.05) is 0 Å². The van der Waals surface area contributed by atoms with Crippen LogP contribution in [0.5, 0.6) is 5.75 Å². The highest BCUT2D eigenvalue weighted by Gasteiger charge is 2.21. The third-order valence-electron chi connectivity index (χ3n) is 1.51. The van der Waals surface area contributed by atoms with Crippen molar-refractivity contribution in [2.75, 3.05) is 7.11 Å². The molecule has 1 aromatic carbocycles.